The van der Waals surface area contributed by atoms with Crippen LogP contribution >= 0.6 is 0 Å². The third-order valence-electron chi connectivity index (χ3n) is 5.94. The molecule has 0 aromatic heterocycles. The van der Waals surface area contributed by atoms with Gasteiger partial charge in [0.15, 0.2) is 6.61 Å². The molecule has 0 bridgehead atoms. The molecule has 6 heteroatoms. The van der Waals surface area contributed by atoms with Gasteiger partial charge in [0.05, 0.1) is 5.41 Å². The van der Waals surface area contributed by atoms with E-state index in [1.54, 1.807) is 0 Å². The molecule has 2 aliphatic rings. The second-order valence-electron chi connectivity index (χ2n) is 7.77. The van der Waals surface area contributed by atoms with Gasteiger partial charge >= 0.3 is 12.0 Å². The molecule has 146 valence electrons. The van der Waals surface area contributed by atoms with Crippen molar-refractivity contribution < 1.29 is 19.1 Å². The zero-order valence-corrected chi connectivity index (χ0v) is 15.8. The molecule has 2 atom stereocenters. The maximum absolute atomic E-state index is 12.6. The van der Waals surface area contributed by atoms with Crippen LogP contribution in [0.3, 0.4) is 0 Å². The number of benzene rings is 1. The van der Waals surface area contributed by atoms with Gasteiger partial charge in [0.1, 0.15) is 0 Å². The molecule has 3 rings (SSSR count). The highest BCUT2D eigenvalue weighted by molar-refractivity contribution is 5.96. The van der Waals surface area contributed by atoms with E-state index in [1.807, 2.05) is 30.3 Å². The Balaban J connectivity index is 1.47. The standard InChI is InChI=1S/C21H28N2O4/c1-15-8-5-6-11-17(15)22-20(26)23-18(24)14-27-19(25)21(12-7-13-21)16-9-3-2-4-10-16/h2-4,9-10,15,17H,5-8,11-14H2,1H3,(H2,22,23,24,26). The normalized spacial score (nSPS) is 23.6. The number of carbonyl (C=O) groups is 3. The van der Waals surface area contributed by atoms with Crippen molar-refractivity contribution in [3.05, 3.63) is 35.9 Å². The first-order valence-corrected chi connectivity index (χ1v) is 9.84. The summed E-state index contributed by atoms with van der Waals surface area (Å²) in [5.41, 5.74) is 0.270. The van der Waals surface area contributed by atoms with E-state index < -0.39 is 29.9 Å². The van der Waals surface area contributed by atoms with Crippen molar-refractivity contribution in [2.45, 2.75) is 63.3 Å². The molecule has 0 saturated heterocycles. The fraction of sp³-hybridized carbons (Fsp3) is 0.571. The summed E-state index contributed by atoms with van der Waals surface area (Å²) < 4.78 is 5.25. The highest BCUT2D eigenvalue weighted by Gasteiger charge is 2.47. The molecule has 6 nitrogen and oxygen atoms in total. The Bertz CT molecular complexity index is 685. The van der Waals surface area contributed by atoms with Crippen LogP contribution in [0.4, 0.5) is 4.79 Å². The van der Waals surface area contributed by atoms with Crippen molar-refractivity contribution in [2.24, 2.45) is 5.92 Å². The second kappa shape index (κ2) is 8.55. The van der Waals surface area contributed by atoms with Crippen LogP contribution in [0.15, 0.2) is 30.3 Å². The monoisotopic (exact) mass is 372 g/mol. The van der Waals surface area contributed by atoms with Gasteiger partial charge in [0.2, 0.25) is 0 Å². The molecule has 1 aromatic rings. The van der Waals surface area contributed by atoms with E-state index in [2.05, 4.69) is 17.6 Å². The summed E-state index contributed by atoms with van der Waals surface area (Å²) in [7, 11) is 0. The molecular formula is C21H28N2O4. The maximum atomic E-state index is 12.6. The first-order valence-electron chi connectivity index (χ1n) is 9.84. The predicted molar refractivity (Wildman–Crippen MR) is 101 cm³/mol. The lowest BCUT2D eigenvalue weighted by atomic mass is 9.64. The topological polar surface area (TPSA) is 84.5 Å². The quantitative estimate of drug-likeness (QED) is 0.778. The average molecular weight is 372 g/mol. The smallest absolute Gasteiger partial charge is 0.321 e. The molecule has 2 aliphatic carbocycles. The van der Waals surface area contributed by atoms with Gasteiger partial charge in [0.25, 0.3) is 5.91 Å². The molecule has 0 radical (unpaired) electrons. The van der Waals surface area contributed by atoms with E-state index in [0.29, 0.717) is 5.92 Å². The van der Waals surface area contributed by atoms with Crippen LogP contribution < -0.4 is 10.6 Å². The van der Waals surface area contributed by atoms with Crippen LogP contribution in [0, 0.1) is 5.92 Å². The van der Waals surface area contributed by atoms with Crippen LogP contribution in [-0.4, -0.2) is 30.6 Å². The number of amides is 3. The number of hydrogen-bond acceptors (Lipinski definition) is 4. The minimum atomic E-state index is -0.651. The number of rotatable bonds is 5. The van der Waals surface area contributed by atoms with Gasteiger partial charge < -0.3 is 10.1 Å². The molecule has 2 fully saturated rings. The van der Waals surface area contributed by atoms with Crippen molar-refractivity contribution >= 4 is 17.9 Å². The minimum Gasteiger partial charge on any atom is -0.455 e. The molecule has 1 aromatic carbocycles. The summed E-state index contributed by atoms with van der Waals surface area (Å²) in [6, 6.07) is 9.10. The summed E-state index contributed by atoms with van der Waals surface area (Å²) in [6.45, 7) is 1.66. The van der Waals surface area contributed by atoms with Crippen LogP contribution in [-0.2, 0) is 19.7 Å². The lowest BCUT2D eigenvalue weighted by Crippen LogP contribution is -2.49. The summed E-state index contributed by atoms with van der Waals surface area (Å²) >= 11 is 0. The van der Waals surface area contributed by atoms with Gasteiger partial charge in [-0.15, -0.1) is 0 Å². The first kappa shape index (κ1) is 19.4. The van der Waals surface area contributed by atoms with Gasteiger partial charge in [-0.2, -0.15) is 0 Å². The average Bonchev–Trinajstić information content (AvgIpc) is 2.62. The Labute approximate surface area is 160 Å². The highest BCUT2D eigenvalue weighted by Crippen LogP contribution is 2.44. The largest absolute Gasteiger partial charge is 0.455 e. The van der Waals surface area contributed by atoms with E-state index in [1.165, 1.54) is 6.42 Å². The van der Waals surface area contributed by atoms with Crippen molar-refractivity contribution in [2.75, 3.05) is 6.61 Å². The second-order valence-corrected chi connectivity index (χ2v) is 7.77. The van der Waals surface area contributed by atoms with Gasteiger partial charge in [0, 0.05) is 6.04 Å². The number of nitrogens with one attached hydrogen (secondary N) is 2. The van der Waals surface area contributed by atoms with E-state index in [4.69, 9.17) is 4.74 Å². The van der Waals surface area contributed by atoms with Crippen LogP contribution in [0.25, 0.3) is 0 Å². The van der Waals surface area contributed by atoms with Crippen LogP contribution in [0.5, 0.6) is 0 Å². The number of ether oxygens (including phenoxy) is 1. The van der Waals surface area contributed by atoms with E-state index in [0.717, 1.165) is 44.1 Å². The van der Waals surface area contributed by atoms with E-state index in [-0.39, 0.29) is 6.04 Å². The summed E-state index contributed by atoms with van der Waals surface area (Å²) in [5, 5.41) is 5.12. The molecule has 3 amide bonds. The SMILES string of the molecule is CC1CCCCC1NC(=O)NC(=O)COC(=O)C1(c2ccccc2)CCC1. The Morgan fingerprint density at radius 1 is 1.07 bits per heavy atom. The molecule has 0 spiro atoms. The van der Waals surface area contributed by atoms with Crippen molar-refractivity contribution in [1.82, 2.24) is 10.6 Å². The Morgan fingerprint density at radius 2 is 1.78 bits per heavy atom. The van der Waals surface area contributed by atoms with E-state index >= 15 is 0 Å². The fourth-order valence-electron chi connectivity index (χ4n) is 4.07. The molecular weight excluding hydrogens is 344 g/mol. The summed E-state index contributed by atoms with van der Waals surface area (Å²) in [5.74, 6) is -0.593. The van der Waals surface area contributed by atoms with Crippen LogP contribution in [0.1, 0.15) is 57.4 Å². The zero-order valence-electron chi connectivity index (χ0n) is 15.8. The van der Waals surface area contributed by atoms with Gasteiger partial charge in [-0.25, -0.2) is 4.79 Å². The Hall–Kier alpha value is -2.37. The lowest BCUT2D eigenvalue weighted by Gasteiger charge is -2.39. The molecule has 2 saturated carbocycles. The zero-order chi connectivity index (χ0) is 19.3. The number of hydrogen-bond donors (Lipinski definition) is 2. The summed E-state index contributed by atoms with van der Waals surface area (Å²) in [4.78, 5) is 36.6. The maximum Gasteiger partial charge on any atom is 0.321 e. The fourth-order valence-corrected chi connectivity index (χ4v) is 4.07. The molecule has 27 heavy (non-hydrogen) atoms. The Kier molecular flexibility index (Phi) is 6.14. The van der Waals surface area contributed by atoms with Gasteiger partial charge in [-0.05, 0) is 37.2 Å². The van der Waals surface area contributed by atoms with Crippen molar-refractivity contribution in [3.8, 4) is 0 Å². The number of imide groups is 1. The van der Waals surface area contributed by atoms with Crippen molar-refractivity contribution in [3.63, 3.8) is 0 Å². The van der Waals surface area contributed by atoms with Gasteiger partial charge in [-0.3, -0.25) is 14.9 Å². The molecule has 2 unspecified atom stereocenters. The van der Waals surface area contributed by atoms with Crippen molar-refractivity contribution in [1.29, 1.82) is 0 Å². The lowest BCUT2D eigenvalue weighted by molar-refractivity contribution is -0.157. The third kappa shape index (κ3) is 4.49. The highest BCUT2D eigenvalue weighted by atomic mass is 16.5. The molecule has 0 aliphatic heterocycles. The molecule has 2 N–H and O–H groups in total. The summed E-state index contributed by atoms with van der Waals surface area (Å²) in [6.07, 6.45) is 6.67. The van der Waals surface area contributed by atoms with Crippen LogP contribution in [0.2, 0.25) is 0 Å². The van der Waals surface area contributed by atoms with Gasteiger partial charge in [-0.1, -0.05) is 56.5 Å². The number of urea groups is 1. The minimum absolute atomic E-state index is 0.0884. The van der Waals surface area contributed by atoms with E-state index in [9.17, 15) is 14.4 Å². The number of carbonyl (C=O) groups excluding carboxylic acids is 3. The first-order chi connectivity index (χ1) is 13.0. The Morgan fingerprint density at radius 3 is 2.41 bits per heavy atom. The third-order valence-corrected chi connectivity index (χ3v) is 5.94. The number of esters is 1. The predicted octanol–water partition coefficient (Wildman–Crippen LogP) is 3.06. The molecule has 0 heterocycles.